The van der Waals surface area contributed by atoms with Gasteiger partial charge in [-0.3, -0.25) is 4.90 Å². The molecule has 1 saturated heterocycles. The summed E-state index contributed by atoms with van der Waals surface area (Å²) >= 11 is 0. The van der Waals surface area contributed by atoms with Gasteiger partial charge in [0, 0.05) is 6.54 Å². The predicted molar refractivity (Wildman–Crippen MR) is 71.6 cm³/mol. The largest absolute Gasteiger partial charge is 0.302 e. The summed E-state index contributed by atoms with van der Waals surface area (Å²) in [5, 5.41) is 3.68. The summed E-state index contributed by atoms with van der Waals surface area (Å²) in [6.07, 6.45) is 11.6. The van der Waals surface area contributed by atoms with Crippen LogP contribution < -0.4 is 5.32 Å². The standard InChI is InChI=1S/C14H30N2/c1-3-5-7-8-10-14-15-11-9-13-16(14)12-6-4-2/h14-15H,3-13H2,1-2H3. The van der Waals surface area contributed by atoms with Gasteiger partial charge in [0.2, 0.25) is 0 Å². The summed E-state index contributed by atoms with van der Waals surface area (Å²) in [7, 11) is 0. The third-order valence-corrected chi connectivity index (χ3v) is 3.57. The summed E-state index contributed by atoms with van der Waals surface area (Å²) < 4.78 is 0. The van der Waals surface area contributed by atoms with Gasteiger partial charge in [0.25, 0.3) is 0 Å². The third-order valence-electron chi connectivity index (χ3n) is 3.57. The average molecular weight is 226 g/mol. The zero-order chi connectivity index (χ0) is 11.6. The first-order valence-electron chi connectivity index (χ1n) is 7.36. The second kappa shape index (κ2) is 9.00. The van der Waals surface area contributed by atoms with Crippen molar-refractivity contribution >= 4 is 0 Å². The fourth-order valence-electron chi connectivity index (χ4n) is 2.51. The molecule has 96 valence electrons. The lowest BCUT2D eigenvalue weighted by atomic mass is 10.1. The molecule has 1 fully saturated rings. The summed E-state index contributed by atoms with van der Waals surface area (Å²) in [5.74, 6) is 0. The molecule has 0 spiro atoms. The summed E-state index contributed by atoms with van der Waals surface area (Å²) in [6, 6.07) is 0. The highest BCUT2D eigenvalue weighted by Gasteiger charge is 2.20. The first-order chi connectivity index (χ1) is 7.88. The number of rotatable bonds is 8. The molecule has 0 amide bonds. The van der Waals surface area contributed by atoms with Crippen molar-refractivity contribution < 1.29 is 0 Å². The molecular formula is C14H30N2. The highest BCUT2D eigenvalue weighted by molar-refractivity contribution is 4.75. The van der Waals surface area contributed by atoms with E-state index in [-0.39, 0.29) is 0 Å². The van der Waals surface area contributed by atoms with Gasteiger partial charge in [-0.1, -0.05) is 46.0 Å². The molecule has 0 aromatic heterocycles. The topological polar surface area (TPSA) is 15.3 Å². The molecule has 0 bridgehead atoms. The van der Waals surface area contributed by atoms with E-state index in [4.69, 9.17) is 0 Å². The van der Waals surface area contributed by atoms with Gasteiger partial charge in [-0.25, -0.2) is 0 Å². The lowest BCUT2D eigenvalue weighted by Gasteiger charge is -2.36. The zero-order valence-electron chi connectivity index (χ0n) is 11.3. The van der Waals surface area contributed by atoms with E-state index in [1.54, 1.807) is 0 Å². The Bertz CT molecular complexity index is 159. The Morgan fingerprint density at radius 3 is 2.62 bits per heavy atom. The minimum Gasteiger partial charge on any atom is -0.302 e. The number of nitrogens with zero attached hydrogens (tertiary/aromatic N) is 1. The highest BCUT2D eigenvalue weighted by Crippen LogP contribution is 2.13. The number of nitrogens with one attached hydrogen (secondary N) is 1. The van der Waals surface area contributed by atoms with E-state index in [1.165, 1.54) is 71.0 Å². The maximum Gasteiger partial charge on any atom is 0.0597 e. The molecule has 2 nitrogen and oxygen atoms in total. The Balaban J connectivity index is 2.18. The van der Waals surface area contributed by atoms with Crippen LogP contribution >= 0.6 is 0 Å². The fraction of sp³-hybridized carbons (Fsp3) is 1.00. The van der Waals surface area contributed by atoms with Crippen molar-refractivity contribution in [3.8, 4) is 0 Å². The molecule has 0 aliphatic carbocycles. The van der Waals surface area contributed by atoms with Gasteiger partial charge in [0.05, 0.1) is 6.17 Å². The van der Waals surface area contributed by atoms with Gasteiger partial charge in [0.1, 0.15) is 0 Å². The van der Waals surface area contributed by atoms with Crippen LogP contribution in [0.2, 0.25) is 0 Å². The van der Waals surface area contributed by atoms with Crippen molar-refractivity contribution in [2.24, 2.45) is 0 Å². The van der Waals surface area contributed by atoms with Gasteiger partial charge < -0.3 is 5.32 Å². The zero-order valence-corrected chi connectivity index (χ0v) is 11.3. The van der Waals surface area contributed by atoms with Crippen molar-refractivity contribution in [3.63, 3.8) is 0 Å². The van der Waals surface area contributed by atoms with E-state index in [0.717, 1.165) is 0 Å². The molecule has 1 aliphatic rings. The molecule has 2 heteroatoms. The van der Waals surface area contributed by atoms with E-state index in [0.29, 0.717) is 6.17 Å². The second-order valence-electron chi connectivity index (χ2n) is 5.06. The Morgan fingerprint density at radius 2 is 1.88 bits per heavy atom. The molecule has 0 saturated carbocycles. The van der Waals surface area contributed by atoms with E-state index in [9.17, 15) is 0 Å². The Kier molecular flexibility index (Phi) is 7.87. The molecule has 0 radical (unpaired) electrons. The van der Waals surface area contributed by atoms with Crippen LogP contribution in [0.1, 0.15) is 65.2 Å². The highest BCUT2D eigenvalue weighted by atomic mass is 15.3. The van der Waals surface area contributed by atoms with Crippen molar-refractivity contribution in [2.45, 2.75) is 71.4 Å². The summed E-state index contributed by atoms with van der Waals surface area (Å²) in [4.78, 5) is 2.67. The monoisotopic (exact) mass is 226 g/mol. The predicted octanol–water partition coefficient (Wildman–Crippen LogP) is 3.38. The van der Waals surface area contributed by atoms with E-state index in [2.05, 4.69) is 24.1 Å². The minimum atomic E-state index is 0.678. The van der Waals surface area contributed by atoms with Gasteiger partial charge in [-0.05, 0) is 32.4 Å². The normalized spacial score (nSPS) is 22.5. The number of unbranched alkanes of at least 4 members (excludes halogenated alkanes) is 4. The van der Waals surface area contributed by atoms with Crippen molar-refractivity contribution in [3.05, 3.63) is 0 Å². The van der Waals surface area contributed by atoms with Crippen molar-refractivity contribution in [1.82, 2.24) is 10.2 Å². The van der Waals surface area contributed by atoms with Crippen LogP contribution in [0, 0.1) is 0 Å². The summed E-state index contributed by atoms with van der Waals surface area (Å²) in [6.45, 7) is 8.40. The third kappa shape index (κ3) is 5.31. The van der Waals surface area contributed by atoms with Crippen LogP contribution in [-0.4, -0.2) is 30.7 Å². The van der Waals surface area contributed by atoms with E-state index >= 15 is 0 Å². The van der Waals surface area contributed by atoms with Crippen LogP contribution in [0.5, 0.6) is 0 Å². The van der Waals surface area contributed by atoms with Crippen LogP contribution in [0.3, 0.4) is 0 Å². The molecule has 1 N–H and O–H groups in total. The average Bonchev–Trinajstić information content (AvgIpc) is 2.33. The van der Waals surface area contributed by atoms with Gasteiger partial charge in [-0.2, -0.15) is 0 Å². The van der Waals surface area contributed by atoms with Gasteiger partial charge >= 0.3 is 0 Å². The Hall–Kier alpha value is -0.0800. The maximum atomic E-state index is 3.68. The first kappa shape index (κ1) is 14.0. The molecule has 1 heterocycles. The van der Waals surface area contributed by atoms with Crippen LogP contribution in [-0.2, 0) is 0 Å². The fourth-order valence-corrected chi connectivity index (χ4v) is 2.51. The van der Waals surface area contributed by atoms with Gasteiger partial charge in [0.15, 0.2) is 0 Å². The Labute approximate surface area is 102 Å². The molecule has 1 aliphatic heterocycles. The van der Waals surface area contributed by atoms with E-state index in [1.807, 2.05) is 0 Å². The first-order valence-corrected chi connectivity index (χ1v) is 7.36. The van der Waals surface area contributed by atoms with Gasteiger partial charge in [-0.15, -0.1) is 0 Å². The molecule has 1 unspecified atom stereocenters. The molecular weight excluding hydrogens is 196 g/mol. The molecule has 0 aromatic rings. The minimum absolute atomic E-state index is 0.678. The van der Waals surface area contributed by atoms with E-state index < -0.39 is 0 Å². The molecule has 1 atom stereocenters. The van der Waals surface area contributed by atoms with Crippen LogP contribution in [0.4, 0.5) is 0 Å². The summed E-state index contributed by atoms with van der Waals surface area (Å²) in [5.41, 5.74) is 0. The second-order valence-corrected chi connectivity index (χ2v) is 5.06. The molecule has 1 rings (SSSR count). The molecule has 16 heavy (non-hydrogen) atoms. The number of hydrogen-bond acceptors (Lipinski definition) is 2. The SMILES string of the molecule is CCCCCCC1NCCCN1CCCC. The lowest BCUT2D eigenvalue weighted by Crippen LogP contribution is -2.51. The van der Waals surface area contributed by atoms with Crippen LogP contribution in [0.15, 0.2) is 0 Å². The maximum absolute atomic E-state index is 3.68. The smallest absolute Gasteiger partial charge is 0.0597 e. The molecule has 0 aromatic carbocycles. The van der Waals surface area contributed by atoms with Crippen LogP contribution in [0.25, 0.3) is 0 Å². The lowest BCUT2D eigenvalue weighted by molar-refractivity contribution is 0.119. The Morgan fingerprint density at radius 1 is 1.06 bits per heavy atom. The number of hydrogen-bond donors (Lipinski definition) is 1. The quantitative estimate of drug-likeness (QED) is 0.638. The van der Waals surface area contributed by atoms with Crippen molar-refractivity contribution in [1.29, 1.82) is 0 Å². The van der Waals surface area contributed by atoms with Crippen molar-refractivity contribution in [2.75, 3.05) is 19.6 Å².